The van der Waals surface area contributed by atoms with Crippen LogP contribution in [-0.4, -0.2) is 18.9 Å². The van der Waals surface area contributed by atoms with Crippen LogP contribution in [0.3, 0.4) is 0 Å². The summed E-state index contributed by atoms with van der Waals surface area (Å²) in [5, 5.41) is 3.34. The summed E-state index contributed by atoms with van der Waals surface area (Å²) in [5.74, 6) is 0.501. The molecule has 1 aromatic rings. The first kappa shape index (κ1) is 14.3. The Labute approximate surface area is 116 Å². The average molecular weight is 259 g/mol. The number of ketones is 1. The Hall–Kier alpha value is -1.15. The minimum atomic E-state index is 0.160. The maximum Gasteiger partial charge on any atom is 0.167 e. The number of rotatable bonds is 2. The molecule has 2 nitrogen and oxygen atoms in total. The Morgan fingerprint density at radius 1 is 0.947 bits per heavy atom. The highest BCUT2D eigenvalue weighted by atomic mass is 16.1. The molecule has 1 saturated heterocycles. The van der Waals surface area contributed by atoms with Gasteiger partial charge in [-0.1, -0.05) is 0 Å². The van der Waals surface area contributed by atoms with Gasteiger partial charge in [-0.15, -0.1) is 0 Å². The molecule has 1 atom stereocenters. The zero-order chi connectivity index (χ0) is 14.2. The van der Waals surface area contributed by atoms with E-state index in [1.165, 1.54) is 27.8 Å². The van der Waals surface area contributed by atoms with Gasteiger partial charge in [-0.05, 0) is 81.8 Å². The van der Waals surface area contributed by atoms with Gasteiger partial charge < -0.3 is 5.32 Å². The molecule has 2 heteroatoms. The number of hydrogen-bond acceptors (Lipinski definition) is 2. The van der Waals surface area contributed by atoms with E-state index >= 15 is 0 Å². The van der Waals surface area contributed by atoms with Crippen molar-refractivity contribution in [1.29, 1.82) is 0 Å². The summed E-state index contributed by atoms with van der Waals surface area (Å²) in [6.07, 6.45) is 2.13. The number of carbonyl (C=O) groups excluding carboxylic acids is 1. The van der Waals surface area contributed by atoms with Gasteiger partial charge >= 0.3 is 0 Å². The van der Waals surface area contributed by atoms with Gasteiger partial charge in [0, 0.05) is 18.0 Å². The smallest absolute Gasteiger partial charge is 0.167 e. The first-order valence-electron chi connectivity index (χ1n) is 7.27. The van der Waals surface area contributed by atoms with Crippen molar-refractivity contribution in [3.8, 4) is 0 Å². The molecule has 1 unspecified atom stereocenters. The zero-order valence-corrected chi connectivity index (χ0v) is 12.8. The zero-order valence-electron chi connectivity index (χ0n) is 12.8. The van der Waals surface area contributed by atoms with Crippen molar-refractivity contribution >= 4 is 5.78 Å². The summed E-state index contributed by atoms with van der Waals surface area (Å²) >= 11 is 0. The maximum absolute atomic E-state index is 12.8. The van der Waals surface area contributed by atoms with Crippen LogP contribution < -0.4 is 5.32 Å². The molecule has 0 saturated carbocycles. The highest BCUT2D eigenvalue weighted by Crippen LogP contribution is 2.29. The highest BCUT2D eigenvalue weighted by molar-refractivity contribution is 6.01. The van der Waals surface area contributed by atoms with Crippen LogP contribution in [0.4, 0.5) is 0 Å². The molecule has 104 valence electrons. The van der Waals surface area contributed by atoms with E-state index in [0.29, 0.717) is 5.78 Å². The predicted octanol–water partition coefficient (Wildman–Crippen LogP) is 3.41. The number of piperidine rings is 1. The largest absolute Gasteiger partial charge is 0.316 e. The molecule has 0 spiro atoms. The molecule has 0 bridgehead atoms. The minimum Gasteiger partial charge on any atom is -0.316 e. The Kier molecular flexibility index (Phi) is 4.10. The van der Waals surface area contributed by atoms with Gasteiger partial charge in [0.15, 0.2) is 5.78 Å². The molecule has 1 heterocycles. The number of benzene rings is 1. The van der Waals surface area contributed by atoms with Gasteiger partial charge in [-0.2, -0.15) is 0 Å². The molecule has 1 aromatic carbocycles. The molecular formula is C17H25NO. The number of carbonyl (C=O) groups is 1. The third-order valence-electron chi connectivity index (χ3n) is 4.91. The van der Waals surface area contributed by atoms with Gasteiger partial charge in [0.1, 0.15) is 0 Å². The van der Waals surface area contributed by atoms with Gasteiger partial charge in [0.2, 0.25) is 0 Å². The summed E-state index contributed by atoms with van der Waals surface area (Å²) in [6, 6.07) is 0. The monoisotopic (exact) mass is 259 g/mol. The first-order chi connectivity index (χ1) is 8.95. The third kappa shape index (κ3) is 2.46. The Morgan fingerprint density at radius 2 is 1.47 bits per heavy atom. The lowest BCUT2D eigenvalue weighted by Gasteiger charge is -2.25. The SMILES string of the molecule is Cc1c(C)c(C)c(C(=O)C2CCCNC2)c(C)c1C. The van der Waals surface area contributed by atoms with Crippen LogP contribution >= 0.6 is 0 Å². The fourth-order valence-corrected chi connectivity index (χ4v) is 3.15. The molecule has 1 aliphatic heterocycles. The fraction of sp³-hybridized carbons (Fsp3) is 0.588. The van der Waals surface area contributed by atoms with E-state index in [4.69, 9.17) is 0 Å². The normalized spacial score (nSPS) is 19.5. The van der Waals surface area contributed by atoms with Crippen LogP contribution in [0, 0.1) is 40.5 Å². The predicted molar refractivity (Wildman–Crippen MR) is 80.1 cm³/mol. The van der Waals surface area contributed by atoms with Crippen molar-refractivity contribution < 1.29 is 4.79 Å². The summed E-state index contributed by atoms with van der Waals surface area (Å²) in [5.41, 5.74) is 7.21. The van der Waals surface area contributed by atoms with Crippen molar-refractivity contribution in [3.63, 3.8) is 0 Å². The molecule has 0 amide bonds. The molecule has 1 N–H and O–H groups in total. The van der Waals surface area contributed by atoms with Crippen molar-refractivity contribution in [3.05, 3.63) is 33.4 Å². The topological polar surface area (TPSA) is 29.1 Å². The second kappa shape index (κ2) is 5.46. The van der Waals surface area contributed by atoms with E-state index in [1.807, 2.05) is 0 Å². The molecule has 0 radical (unpaired) electrons. The Balaban J connectivity index is 2.47. The van der Waals surface area contributed by atoms with E-state index in [-0.39, 0.29) is 5.92 Å². The number of nitrogens with one attached hydrogen (secondary N) is 1. The summed E-state index contributed by atoms with van der Waals surface area (Å²) in [6.45, 7) is 12.5. The second-order valence-electron chi connectivity index (χ2n) is 5.91. The summed E-state index contributed by atoms with van der Waals surface area (Å²) in [7, 11) is 0. The molecular weight excluding hydrogens is 234 g/mol. The van der Waals surface area contributed by atoms with Crippen molar-refractivity contribution in [2.75, 3.05) is 13.1 Å². The van der Waals surface area contributed by atoms with E-state index < -0.39 is 0 Å². The standard InChI is InChI=1S/C17H25NO/c1-10-11(2)13(4)16(14(5)12(10)3)17(19)15-7-6-8-18-9-15/h15,18H,6-9H2,1-5H3. The molecule has 0 aromatic heterocycles. The van der Waals surface area contributed by atoms with Crippen LogP contribution in [-0.2, 0) is 0 Å². The summed E-state index contributed by atoms with van der Waals surface area (Å²) < 4.78 is 0. The van der Waals surface area contributed by atoms with Crippen LogP contribution in [0.1, 0.15) is 51.0 Å². The van der Waals surface area contributed by atoms with E-state index in [9.17, 15) is 4.79 Å². The maximum atomic E-state index is 12.8. The summed E-state index contributed by atoms with van der Waals surface area (Å²) in [4.78, 5) is 12.8. The third-order valence-corrected chi connectivity index (χ3v) is 4.91. The molecule has 19 heavy (non-hydrogen) atoms. The quantitative estimate of drug-likeness (QED) is 0.825. The van der Waals surface area contributed by atoms with E-state index in [0.717, 1.165) is 31.5 Å². The van der Waals surface area contributed by atoms with Crippen molar-refractivity contribution in [2.24, 2.45) is 5.92 Å². The Morgan fingerprint density at radius 3 is 1.95 bits per heavy atom. The van der Waals surface area contributed by atoms with Gasteiger partial charge in [0.05, 0.1) is 0 Å². The van der Waals surface area contributed by atoms with Crippen LogP contribution in [0.25, 0.3) is 0 Å². The van der Waals surface area contributed by atoms with Gasteiger partial charge in [0.25, 0.3) is 0 Å². The lowest BCUT2D eigenvalue weighted by molar-refractivity contribution is 0.0898. The fourth-order valence-electron chi connectivity index (χ4n) is 3.15. The van der Waals surface area contributed by atoms with Crippen molar-refractivity contribution in [2.45, 2.75) is 47.5 Å². The Bertz CT molecular complexity index is 481. The molecule has 1 aliphatic rings. The average Bonchev–Trinajstić information content (AvgIpc) is 2.44. The lowest BCUT2D eigenvalue weighted by atomic mass is 9.82. The number of hydrogen-bond donors (Lipinski definition) is 1. The molecule has 2 rings (SSSR count). The lowest BCUT2D eigenvalue weighted by Crippen LogP contribution is -2.35. The van der Waals surface area contributed by atoms with Gasteiger partial charge in [-0.25, -0.2) is 0 Å². The highest BCUT2D eigenvalue weighted by Gasteiger charge is 2.26. The molecule has 1 fully saturated rings. The minimum absolute atomic E-state index is 0.160. The van der Waals surface area contributed by atoms with Gasteiger partial charge in [-0.3, -0.25) is 4.79 Å². The van der Waals surface area contributed by atoms with Crippen LogP contribution in [0.5, 0.6) is 0 Å². The van der Waals surface area contributed by atoms with Crippen molar-refractivity contribution in [1.82, 2.24) is 5.32 Å². The first-order valence-corrected chi connectivity index (χ1v) is 7.27. The number of Topliss-reactive ketones (excluding diaryl/α,β-unsaturated/α-hetero) is 1. The van der Waals surface area contributed by atoms with Crippen LogP contribution in [0.15, 0.2) is 0 Å². The molecule has 0 aliphatic carbocycles. The van der Waals surface area contributed by atoms with Crippen LogP contribution in [0.2, 0.25) is 0 Å². The second-order valence-corrected chi connectivity index (χ2v) is 5.91. The van der Waals surface area contributed by atoms with E-state index in [2.05, 4.69) is 39.9 Å². The van der Waals surface area contributed by atoms with E-state index in [1.54, 1.807) is 0 Å².